The molecular formula is C13H19ClN2O2. The van der Waals surface area contributed by atoms with Crippen LogP contribution in [-0.2, 0) is 4.79 Å². The number of halogens is 1. The number of amides is 1. The summed E-state index contributed by atoms with van der Waals surface area (Å²) in [7, 11) is 3.20. The van der Waals surface area contributed by atoms with Gasteiger partial charge in [0.05, 0.1) is 13.0 Å². The first-order valence-electron chi connectivity index (χ1n) is 5.89. The fourth-order valence-corrected chi connectivity index (χ4v) is 2.08. The van der Waals surface area contributed by atoms with Gasteiger partial charge >= 0.3 is 0 Å². The van der Waals surface area contributed by atoms with Crippen molar-refractivity contribution in [2.45, 2.75) is 18.8 Å². The van der Waals surface area contributed by atoms with Crippen LogP contribution < -0.4 is 15.8 Å². The van der Waals surface area contributed by atoms with Gasteiger partial charge < -0.3 is 15.8 Å². The van der Waals surface area contributed by atoms with Crippen molar-refractivity contribution < 1.29 is 9.53 Å². The lowest BCUT2D eigenvalue weighted by Gasteiger charge is -2.18. The van der Waals surface area contributed by atoms with E-state index in [0.29, 0.717) is 23.7 Å². The van der Waals surface area contributed by atoms with Crippen LogP contribution in [0.5, 0.6) is 5.75 Å². The molecular weight excluding hydrogens is 252 g/mol. The maximum atomic E-state index is 11.9. The summed E-state index contributed by atoms with van der Waals surface area (Å²) in [5.41, 5.74) is 6.31. The van der Waals surface area contributed by atoms with E-state index in [1.807, 2.05) is 0 Å². The van der Waals surface area contributed by atoms with E-state index in [4.69, 9.17) is 22.1 Å². The van der Waals surface area contributed by atoms with Gasteiger partial charge in [-0.2, -0.15) is 0 Å². The van der Waals surface area contributed by atoms with Crippen molar-refractivity contribution in [3.63, 3.8) is 0 Å². The molecule has 5 heteroatoms. The molecule has 0 bridgehead atoms. The van der Waals surface area contributed by atoms with Crippen molar-refractivity contribution in [3.05, 3.63) is 28.8 Å². The molecule has 0 heterocycles. The quantitative estimate of drug-likeness (QED) is 0.830. The molecule has 0 aromatic heterocycles. The number of benzene rings is 1. The van der Waals surface area contributed by atoms with Crippen molar-refractivity contribution in [1.29, 1.82) is 0 Å². The van der Waals surface area contributed by atoms with Crippen LogP contribution in [-0.4, -0.2) is 26.6 Å². The molecule has 1 aromatic carbocycles. The van der Waals surface area contributed by atoms with Crippen LogP contribution in [0, 0.1) is 0 Å². The Hall–Kier alpha value is -1.26. The predicted octanol–water partition coefficient (Wildman–Crippen LogP) is 1.92. The van der Waals surface area contributed by atoms with E-state index in [1.165, 1.54) is 0 Å². The highest BCUT2D eigenvalue weighted by atomic mass is 35.5. The third kappa shape index (κ3) is 3.62. The lowest BCUT2D eigenvalue weighted by Crippen LogP contribution is -2.26. The maximum absolute atomic E-state index is 11.9. The monoisotopic (exact) mass is 270 g/mol. The van der Waals surface area contributed by atoms with Gasteiger partial charge in [0, 0.05) is 17.6 Å². The first kappa shape index (κ1) is 14.8. The summed E-state index contributed by atoms with van der Waals surface area (Å²) in [6.07, 6.45) is 1.45. The second-order valence-corrected chi connectivity index (χ2v) is 4.42. The van der Waals surface area contributed by atoms with Crippen LogP contribution in [0.3, 0.4) is 0 Å². The summed E-state index contributed by atoms with van der Waals surface area (Å²) in [5, 5.41) is 3.26. The first-order chi connectivity index (χ1) is 8.63. The molecule has 100 valence electrons. The van der Waals surface area contributed by atoms with Crippen LogP contribution in [0.4, 0.5) is 0 Å². The van der Waals surface area contributed by atoms with Crippen molar-refractivity contribution >= 4 is 17.5 Å². The zero-order valence-corrected chi connectivity index (χ0v) is 11.5. The number of carbonyl (C=O) groups excluding carboxylic acids is 1. The third-order valence-corrected chi connectivity index (χ3v) is 3.06. The van der Waals surface area contributed by atoms with E-state index in [9.17, 15) is 4.79 Å². The smallest absolute Gasteiger partial charge is 0.227 e. The summed E-state index contributed by atoms with van der Waals surface area (Å²) < 4.78 is 5.29. The number of carbonyl (C=O) groups is 1. The lowest BCUT2D eigenvalue weighted by molar-refractivity contribution is -0.122. The first-order valence-corrected chi connectivity index (χ1v) is 6.27. The fraction of sp³-hybridized carbons (Fsp3) is 0.462. The van der Waals surface area contributed by atoms with Crippen molar-refractivity contribution in [1.82, 2.24) is 5.32 Å². The molecule has 0 aliphatic heterocycles. The highest BCUT2D eigenvalue weighted by Crippen LogP contribution is 2.32. The Bertz CT molecular complexity index is 410. The van der Waals surface area contributed by atoms with E-state index >= 15 is 0 Å². The van der Waals surface area contributed by atoms with Gasteiger partial charge in [-0.1, -0.05) is 11.6 Å². The molecule has 1 amide bonds. The average Bonchev–Trinajstić information content (AvgIpc) is 2.39. The average molecular weight is 271 g/mol. The van der Waals surface area contributed by atoms with Crippen LogP contribution in [0.25, 0.3) is 0 Å². The zero-order valence-electron chi connectivity index (χ0n) is 10.7. The molecule has 3 N–H and O–H groups in total. The maximum Gasteiger partial charge on any atom is 0.227 e. The van der Waals surface area contributed by atoms with Crippen molar-refractivity contribution in [2.75, 3.05) is 20.7 Å². The molecule has 0 aliphatic carbocycles. The number of methoxy groups -OCH3 is 1. The molecule has 0 saturated carbocycles. The number of rotatable bonds is 6. The van der Waals surface area contributed by atoms with Gasteiger partial charge in [-0.25, -0.2) is 0 Å². The molecule has 18 heavy (non-hydrogen) atoms. The van der Waals surface area contributed by atoms with E-state index < -0.39 is 0 Å². The zero-order chi connectivity index (χ0) is 13.5. The molecule has 1 rings (SSSR count). The van der Waals surface area contributed by atoms with E-state index in [-0.39, 0.29) is 11.8 Å². The van der Waals surface area contributed by atoms with Gasteiger partial charge in [-0.05, 0) is 37.6 Å². The Morgan fingerprint density at radius 1 is 1.56 bits per heavy atom. The largest absolute Gasteiger partial charge is 0.496 e. The van der Waals surface area contributed by atoms with Crippen LogP contribution in [0.2, 0.25) is 5.02 Å². The number of nitrogens with two attached hydrogens (primary N) is 1. The Labute approximate surface area is 112 Å². The van der Waals surface area contributed by atoms with E-state index in [0.717, 1.165) is 12.0 Å². The normalized spacial score (nSPS) is 12.0. The Morgan fingerprint density at radius 2 is 2.28 bits per heavy atom. The summed E-state index contributed by atoms with van der Waals surface area (Å²) in [6.45, 7) is 0.552. The van der Waals surface area contributed by atoms with Gasteiger partial charge in [-0.15, -0.1) is 0 Å². The molecule has 0 fully saturated rings. The minimum Gasteiger partial charge on any atom is -0.496 e. The SMILES string of the molecule is CNC(=O)C(CCCN)c1cc(Cl)ccc1OC. The number of hydrogen-bond acceptors (Lipinski definition) is 3. The highest BCUT2D eigenvalue weighted by molar-refractivity contribution is 6.30. The van der Waals surface area contributed by atoms with Crippen LogP contribution in [0.15, 0.2) is 18.2 Å². The molecule has 0 radical (unpaired) electrons. The second-order valence-electron chi connectivity index (χ2n) is 3.98. The Morgan fingerprint density at radius 3 is 2.83 bits per heavy atom. The number of hydrogen-bond donors (Lipinski definition) is 2. The van der Waals surface area contributed by atoms with Gasteiger partial charge in [0.2, 0.25) is 5.91 Å². The van der Waals surface area contributed by atoms with Crippen LogP contribution in [0.1, 0.15) is 24.3 Å². The highest BCUT2D eigenvalue weighted by Gasteiger charge is 2.22. The minimum absolute atomic E-state index is 0.0518. The third-order valence-electron chi connectivity index (χ3n) is 2.83. The van der Waals surface area contributed by atoms with Gasteiger partial charge in [0.25, 0.3) is 0 Å². The number of ether oxygens (including phenoxy) is 1. The molecule has 0 spiro atoms. The molecule has 4 nitrogen and oxygen atoms in total. The summed E-state index contributed by atoms with van der Waals surface area (Å²) in [6, 6.07) is 5.29. The van der Waals surface area contributed by atoms with Crippen molar-refractivity contribution in [3.8, 4) is 5.75 Å². The fourth-order valence-electron chi connectivity index (χ4n) is 1.90. The molecule has 1 aromatic rings. The molecule has 1 atom stereocenters. The van der Waals surface area contributed by atoms with Crippen LogP contribution >= 0.6 is 11.6 Å². The predicted molar refractivity (Wildman–Crippen MR) is 73.1 cm³/mol. The van der Waals surface area contributed by atoms with E-state index in [1.54, 1.807) is 32.4 Å². The molecule has 0 aliphatic rings. The number of nitrogens with one attached hydrogen (secondary N) is 1. The summed E-state index contributed by atoms with van der Waals surface area (Å²) in [5.74, 6) is 0.334. The minimum atomic E-state index is -0.285. The standard InChI is InChI=1S/C13H19ClN2O2/c1-16-13(17)10(4-3-7-15)11-8-9(14)5-6-12(11)18-2/h5-6,8,10H,3-4,7,15H2,1-2H3,(H,16,17). The Kier molecular flexibility index (Phi) is 5.95. The van der Waals surface area contributed by atoms with Gasteiger partial charge in [-0.3, -0.25) is 4.79 Å². The number of likely N-dealkylation sites (N-methyl/N-ethyl adjacent to an activating group) is 1. The van der Waals surface area contributed by atoms with Gasteiger partial charge in [0.1, 0.15) is 5.75 Å². The lowest BCUT2D eigenvalue weighted by atomic mass is 9.92. The molecule has 1 unspecified atom stereocenters. The molecule has 0 saturated heterocycles. The van der Waals surface area contributed by atoms with Gasteiger partial charge in [0.15, 0.2) is 0 Å². The van der Waals surface area contributed by atoms with Crippen molar-refractivity contribution in [2.24, 2.45) is 5.73 Å². The summed E-state index contributed by atoms with van der Waals surface area (Å²) >= 11 is 5.99. The topological polar surface area (TPSA) is 64.4 Å². The second kappa shape index (κ2) is 7.24. The Balaban J connectivity index is 3.10. The van der Waals surface area contributed by atoms with E-state index in [2.05, 4.69) is 5.32 Å². The summed E-state index contributed by atoms with van der Waals surface area (Å²) in [4.78, 5) is 11.9.